The summed E-state index contributed by atoms with van der Waals surface area (Å²) in [7, 11) is 0. The van der Waals surface area contributed by atoms with Crippen molar-refractivity contribution in [3.63, 3.8) is 0 Å². The first-order valence-electron chi connectivity index (χ1n) is 5.46. The van der Waals surface area contributed by atoms with Crippen molar-refractivity contribution in [2.45, 2.75) is 18.7 Å². The van der Waals surface area contributed by atoms with Gasteiger partial charge in [0, 0.05) is 32.4 Å². The Bertz CT molecular complexity index is 395. The maximum atomic E-state index is 12.3. The van der Waals surface area contributed by atoms with Gasteiger partial charge in [0.2, 0.25) is 0 Å². The number of amides is 1. The Hall–Kier alpha value is -1.14. The Morgan fingerprint density at radius 2 is 2.47 bits per heavy atom. The first kappa shape index (κ1) is 12.3. The van der Waals surface area contributed by atoms with E-state index in [1.807, 2.05) is 10.7 Å². The lowest BCUT2D eigenvalue weighted by molar-refractivity contribution is -0.123. The number of carbonyl (C=O) groups excluding carboxylic acids is 1. The zero-order valence-electron chi connectivity index (χ0n) is 9.27. The van der Waals surface area contributed by atoms with E-state index < -0.39 is 11.5 Å². The molecule has 0 saturated carbocycles. The molecular weight excluding hydrogens is 247 g/mol. The van der Waals surface area contributed by atoms with Gasteiger partial charge >= 0.3 is 0 Å². The molecule has 1 aromatic heterocycles. The third-order valence-corrected chi connectivity index (χ3v) is 2.94. The number of carbonyl (C=O) groups is 1. The van der Waals surface area contributed by atoms with Crippen LogP contribution in [-0.2, 0) is 17.9 Å². The van der Waals surface area contributed by atoms with E-state index in [2.05, 4.69) is 15.3 Å². The van der Waals surface area contributed by atoms with Crippen LogP contribution in [0.4, 0.5) is 4.39 Å². The minimum Gasteiger partial charge on any atom is -0.351 e. The molecule has 1 aliphatic rings. The largest absolute Gasteiger partial charge is 0.351 e. The van der Waals surface area contributed by atoms with Crippen LogP contribution < -0.4 is 5.32 Å². The van der Waals surface area contributed by atoms with Gasteiger partial charge in [-0.05, 0) is 6.07 Å². The van der Waals surface area contributed by atoms with Crippen molar-refractivity contribution in [3.05, 3.63) is 18.0 Å². The quantitative estimate of drug-likeness (QED) is 0.795. The fraction of sp³-hybridized carbons (Fsp3) is 0.600. The molecule has 2 heterocycles. The van der Waals surface area contributed by atoms with E-state index in [1.54, 1.807) is 6.20 Å². The lowest BCUT2D eigenvalue weighted by Gasteiger charge is -2.27. The van der Waals surface area contributed by atoms with Crippen molar-refractivity contribution >= 4 is 17.5 Å². The Balaban J connectivity index is 1.73. The SMILES string of the molecule is O=C(NCCN1CCn2nccc2C1)C(F)Cl. The molecule has 1 aromatic rings. The second-order valence-electron chi connectivity index (χ2n) is 3.91. The average molecular weight is 261 g/mol. The zero-order valence-corrected chi connectivity index (χ0v) is 10.0. The van der Waals surface area contributed by atoms with Crippen molar-refractivity contribution in [1.29, 1.82) is 0 Å². The first-order valence-corrected chi connectivity index (χ1v) is 5.89. The number of nitrogens with one attached hydrogen (secondary N) is 1. The van der Waals surface area contributed by atoms with E-state index in [9.17, 15) is 9.18 Å². The number of aromatic nitrogens is 2. The highest BCUT2D eigenvalue weighted by Gasteiger charge is 2.17. The predicted octanol–water partition coefficient (Wildman–Crippen LogP) is 0.349. The van der Waals surface area contributed by atoms with Crippen LogP contribution in [0.2, 0.25) is 0 Å². The smallest absolute Gasteiger partial charge is 0.270 e. The van der Waals surface area contributed by atoms with Crippen LogP contribution in [0.5, 0.6) is 0 Å². The topological polar surface area (TPSA) is 50.2 Å². The van der Waals surface area contributed by atoms with Gasteiger partial charge in [-0.15, -0.1) is 0 Å². The molecule has 0 spiro atoms. The van der Waals surface area contributed by atoms with E-state index in [4.69, 9.17) is 11.6 Å². The summed E-state index contributed by atoms with van der Waals surface area (Å²) >= 11 is 5.00. The van der Waals surface area contributed by atoms with Crippen LogP contribution in [-0.4, -0.2) is 45.9 Å². The fourth-order valence-electron chi connectivity index (χ4n) is 1.85. The maximum absolute atomic E-state index is 12.3. The molecule has 5 nitrogen and oxygen atoms in total. The van der Waals surface area contributed by atoms with Crippen LogP contribution >= 0.6 is 11.6 Å². The minimum atomic E-state index is -1.96. The molecule has 0 bridgehead atoms. The number of rotatable bonds is 4. The Morgan fingerprint density at radius 3 is 3.24 bits per heavy atom. The van der Waals surface area contributed by atoms with Crippen LogP contribution in [0.25, 0.3) is 0 Å². The van der Waals surface area contributed by atoms with E-state index in [0.717, 1.165) is 25.3 Å². The van der Waals surface area contributed by atoms with Crippen LogP contribution in [0.15, 0.2) is 12.3 Å². The Kier molecular flexibility index (Phi) is 3.96. The van der Waals surface area contributed by atoms with Crippen molar-refractivity contribution in [1.82, 2.24) is 20.0 Å². The summed E-state index contributed by atoms with van der Waals surface area (Å²) in [6.45, 7) is 3.61. The molecular formula is C10H14ClFN4O. The third kappa shape index (κ3) is 3.17. The van der Waals surface area contributed by atoms with Gasteiger partial charge in [0.25, 0.3) is 11.5 Å². The average Bonchev–Trinajstić information content (AvgIpc) is 2.75. The van der Waals surface area contributed by atoms with Gasteiger partial charge in [0.15, 0.2) is 0 Å². The molecule has 1 aliphatic heterocycles. The Labute approximate surface area is 104 Å². The number of hydrogen-bond acceptors (Lipinski definition) is 3. The van der Waals surface area contributed by atoms with Gasteiger partial charge in [-0.2, -0.15) is 5.10 Å². The molecule has 2 rings (SSSR count). The summed E-state index contributed by atoms with van der Waals surface area (Å²) in [5.41, 5.74) is -0.805. The molecule has 1 amide bonds. The molecule has 7 heteroatoms. The lowest BCUT2D eigenvalue weighted by atomic mass is 10.3. The van der Waals surface area contributed by atoms with E-state index in [-0.39, 0.29) is 0 Å². The molecule has 0 aliphatic carbocycles. The maximum Gasteiger partial charge on any atom is 0.270 e. The van der Waals surface area contributed by atoms with E-state index >= 15 is 0 Å². The lowest BCUT2D eigenvalue weighted by Crippen LogP contribution is -2.40. The normalized spacial score (nSPS) is 17.5. The van der Waals surface area contributed by atoms with E-state index in [0.29, 0.717) is 13.1 Å². The van der Waals surface area contributed by atoms with Crippen molar-refractivity contribution in [2.24, 2.45) is 0 Å². The van der Waals surface area contributed by atoms with Gasteiger partial charge in [-0.3, -0.25) is 14.4 Å². The van der Waals surface area contributed by atoms with E-state index in [1.165, 1.54) is 0 Å². The summed E-state index contributed by atoms with van der Waals surface area (Å²) < 4.78 is 14.3. The second kappa shape index (κ2) is 5.46. The number of hydrogen-bond donors (Lipinski definition) is 1. The van der Waals surface area contributed by atoms with Crippen LogP contribution in [0.1, 0.15) is 5.69 Å². The highest BCUT2D eigenvalue weighted by molar-refractivity contribution is 6.29. The van der Waals surface area contributed by atoms with Gasteiger partial charge in [-0.1, -0.05) is 11.6 Å². The third-order valence-electron chi connectivity index (χ3n) is 2.74. The zero-order chi connectivity index (χ0) is 12.3. The van der Waals surface area contributed by atoms with Gasteiger partial charge in [-0.25, -0.2) is 4.39 Å². The first-order chi connectivity index (χ1) is 8.16. The molecule has 0 radical (unpaired) electrons. The highest BCUT2D eigenvalue weighted by atomic mass is 35.5. The number of alkyl halides is 2. The molecule has 94 valence electrons. The molecule has 0 aromatic carbocycles. The van der Waals surface area contributed by atoms with Crippen molar-refractivity contribution < 1.29 is 9.18 Å². The molecule has 0 saturated heterocycles. The van der Waals surface area contributed by atoms with Crippen LogP contribution in [0, 0.1) is 0 Å². The highest BCUT2D eigenvalue weighted by Crippen LogP contribution is 2.09. The molecule has 1 atom stereocenters. The van der Waals surface area contributed by atoms with Gasteiger partial charge < -0.3 is 5.32 Å². The number of fused-ring (bicyclic) bond motifs is 1. The van der Waals surface area contributed by atoms with Crippen LogP contribution in [0.3, 0.4) is 0 Å². The van der Waals surface area contributed by atoms with Crippen molar-refractivity contribution in [3.8, 4) is 0 Å². The monoisotopic (exact) mass is 260 g/mol. The summed E-state index contributed by atoms with van der Waals surface area (Å²) in [6, 6.07) is 1.97. The number of nitrogens with zero attached hydrogens (tertiary/aromatic N) is 3. The predicted molar refractivity (Wildman–Crippen MR) is 61.3 cm³/mol. The van der Waals surface area contributed by atoms with Crippen molar-refractivity contribution in [2.75, 3.05) is 19.6 Å². The summed E-state index contributed by atoms with van der Waals surface area (Å²) in [6.07, 6.45) is 1.78. The van der Waals surface area contributed by atoms with Gasteiger partial charge in [0.05, 0.1) is 12.2 Å². The molecule has 0 fully saturated rings. The molecule has 17 heavy (non-hydrogen) atoms. The Morgan fingerprint density at radius 1 is 1.65 bits per heavy atom. The molecule has 1 N–H and O–H groups in total. The second-order valence-corrected chi connectivity index (χ2v) is 4.30. The summed E-state index contributed by atoms with van der Waals surface area (Å²) in [5.74, 6) is -0.770. The fourth-order valence-corrected chi connectivity index (χ4v) is 1.92. The number of halogens is 2. The summed E-state index contributed by atoms with van der Waals surface area (Å²) in [4.78, 5) is 13.1. The van der Waals surface area contributed by atoms with Gasteiger partial charge in [0.1, 0.15) is 0 Å². The standard InChI is InChI=1S/C10H14ClFN4O/c11-9(12)10(17)13-3-4-15-5-6-16-8(7-15)1-2-14-16/h1-2,9H,3-7H2,(H,13,17). The molecule has 1 unspecified atom stereocenters. The minimum absolute atomic E-state index is 0.403. The summed E-state index contributed by atoms with van der Waals surface area (Å²) in [5, 5.41) is 6.61.